The van der Waals surface area contributed by atoms with E-state index in [0.717, 1.165) is 25.1 Å². The predicted octanol–water partition coefficient (Wildman–Crippen LogP) is 4.26. The third-order valence-corrected chi connectivity index (χ3v) is 7.08. The van der Waals surface area contributed by atoms with Gasteiger partial charge in [0.15, 0.2) is 0 Å². The van der Waals surface area contributed by atoms with E-state index in [9.17, 15) is 4.79 Å². The van der Waals surface area contributed by atoms with Crippen LogP contribution in [0.5, 0.6) is 0 Å². The minimum Gasteiger partial charge on any atom is -0.350 e. The van der Waals surface area contributed by atoms with Crippen LogP contribution in [0.4, 0.5) is 0 Å². The van der Waals surface area contributed by atoms with Crippen molar-refractivity contribution in [2.24, 2.45) is 16.6 Å². The number of amides is 1. The Morgan fingerprint density at radius 3 is 2.59 bits per heavy atom. The van der Waals surface area contributed by atoms with Gasteiger partial charge >= 0.3 is 0 Å². The highest BCUT2D eigenvalue weighted by atomic mass is 16.1. The minimum atomic E-state index is -0.155. The van der Waals surface area contributed by atoms with Gasteiger partial charge in [-0.1, -0.05) is 48.6 Å². The summed E-state index contributed by atoms with van der Waals surface area (Å²) in [6, 6.07) is 9.00. The van der Waals surface area contributed by atoms with Gasteiger partial charge in [0.25, 0.3) is 5.91 Å². The molecule has 0 saturated heterocycles. The molecule has 1 amide bonds. The smallest absolute Gasteiger partial charge is 0.252 e. The van der Waals surface area contributed by atoms with Gasteiger partial charge in [-0.05, 0) is 62.8 Å². The molecule has 2 aliphatic carbocycles. The minimum absolute atomic E-state index is 0.00345. The summed E-state index contributed by atoms with van der Waals surface area (Å²) < 4.78 is 0. The van der Waals surface area contributed by atoms with Crippen molar-refractivity contribution < 1.29 is 4.79 Å². The van der Waals surface area contributed by atoms with E-state index >= 15 is 0 Å². The zero-order valence-corrected chi connectivity index (χ0v) is 18.9. The molecular weight excluding hydrogens is 396 g/mol. The van der Waals surface area contributed by atoms with Crippen molar-refractivity contribution in [1.82, 2.24) is 10.2 Å². The first-order chi connectivity index (χ1) is 15.4. The molecule has 1 aromatic carbocycles. The van der Waals surface area contributed by atoms with Crippen LogP contribution in [0.2, 0.25) is 0 Å². The molecule has 1 saturated carbocycles. The number of allylic oxidation sites excluding steroid dienone is 3. The second kappa shape index (κ2) is 8.21. The van der Waals surface area contributed by atoms with E-state index < -0.39 is 0 Å². The molecule has 3 atom stereocenters. The maximum absolute atomic E-state index is 12.7. The van der Waals surface area contributed by atoms with Gasteiger partial charge in [0.05, 0.1) is 17.7 Å². The Balaban J connectivity index is 1.46. The Morgan fingerprint density at radius 1 is 1.19 bits per heavy atom. The number of hydrogen-bond donors (Lipinski definition) is 2. The number of nitrogens with one attached hydrogen (secondary N) is 1. The van der Waals surface area contributed by atoms with Crippen LogP contribution in [0.1, 0.15) is 56.7 Å². The molecule has 1 aromatic rings. The number of nitrogens with zero attached hydrogens (tertiary/aromatic N) is 2. The zero-order valence-electron chi connectivity index (χ0n) is 18.9. The summed E-state index contributed by atoms with van der Waals surface area (Å²) in [5, 5.41) is 3.00. The van der Waals surface area contributed by atoms with Gasteiger partial charge in [-0.2, -0.15) is 0 Å². The zero-order chi connectivity index (χ0) is 22.3. The van der Waals surface area contributed by atoms with Crippen LogP contribution in [0.15, 0.2) is 77.5 Å². The predicted molar refractivity (Wildman–Crippen MR) is 129 cm³/mol. The normalized spacial score (nSPS) is 27.6. The fraction of sp³-hybridized carbons (Fsp3) is 0.407. The number of benzene rings is 1. The summed E-state index contributed by atoms with van der Waals surface area (Å²) in [5.41, 5.74) is 9.47. The molecule has 2 heterocycles. The van der Waals surface area contributed by atoms with Crippen molar-refractivity contribution in [3.05, 3.63) is 83.6 Å². The van der Waals surface area contributed by atoms with E-state index in [-0.39, 0.29) is 29.6 Å². The number of carbonyl (C=O) groups excluding carboxylic acids is 1. The van der Waals surface area contributed by atoms with Gasteiger partial charge in [-0.15, -0.1) is 0 Å². The fourth-order valence-corrected chi connectivity index (χ4v) is 5.13. The maximum Gasteiger partial charge on any atom is 0.252 e. The lowest BCUT2D eigenvalue weighted by molar-refractivity contribution is -0.117. The third kappa shape index (κ3) is 3.75. The highest BCUT2D eigenvalue weighted by Crippen LogP contribution is 2.42. The maximum atomic E-state index is 12.7. The molecule has 4 aliphatic rings. The first-order valence-corrected chi connectivity index (χ1v) is 11.7. The van der Waals surface area contributed by atoms with Crippen LogP contribution in [-0.4, -0.2) is 28.7 Å². The van der Waals surface area contributed by atoms with Crippen molar-refractivity contribution in [2.45, 2.75) is 63.2 Å². The summed E-state index contributed by atoms with van der Waals surface area (Å²) in [6.45, 7) is 3.95. The highest BCUT2D eigenvalue weighted by molar-refractivity contribution is 6.04. The Morgan fingerprint density at radius 2 is 1.97 bits per heavy atom. The number of hydrogen-bond acceptors (Lipinski definition) is 4. The molecule has 3 unspecified atom stereocenters. The molecule has 0 aromatic heterocycles. The summed E-state index contributed by atoms with van der Waals surface area (Å²) in [6.07, 6.45) is 18.8. The Kier molecular flexibility index (Phi) is 5.38. The Hall–Kier alpha value is -2.92. The number of fused-ring (bicyclic) bond motifs is 1. The lowest BCUT2D eigenvalue weighted by Gasteiger charge is -2.39. The van der Waals surface area contributed by atoms with E-state index in [0.29, 0.717) is 11.5 Å². The number of nitrogens with two attached hydrogens (primary N) is 1. The number of carbonyl (C=O) groups is 1. The third-order valence-electron chi connectivity index (χ3n) is 7.08. The molecule has 5 heteroatoms. The van der Waals surface area contributed by atoms with Crippen molar-refractivity contribution >= 4 is 11.7 Å². The monoisotopic (exact) mass is 428 g/mol. The SMILES string of the molecule is CC(C)NC(=O)C1=CN2C(=NC(c3ccc(C4(N)CCC4)cc3)C2C2C=CC=CC2)C=C1. The molecule has 0 bridgehead atoms. The summed E-state index contributed by atoms with van der Waals surface area (Å²) in [5.74, 6) is 1.19. The topological polar surface area (TPSA) is 70.7 Å². The van der Waals surface area contributed by atoms with Crippen LogP contribution < -0.4 is 11.1 Å². The van der Waals surface area contributed by atoms with Crippen LogP contribution >= 0.6 is 0 Å². The molecule has 166 valence electrons. The van der Waals surface area contributed by atoms with Gasteiger partial charge in [-0.3, -0.25) is 9.79 Å². The van der Waals surface area contributed by atoms with Gasteiger partial charge in [0.1, 0.15) is 5.84 Å². The summed E-state index contributed by atoms with van der Waals surface area (Å²) in [7, 11) is 0. The fourth-order valence-electron chi connectivity index (χ4n) is 5.13. The molecule has 3 N–H and O–H groups in total. The summed E-state index contributed by atoms with van der Waals surface area (Å²) in [4.78, 5) is 20.0. The molecule has 1 fully saturated rings. The number of aliphatic imine (C=N–C) groups is 1. The van der Waals surface area contributed by atoms with E-state index in [2.05, 4.69) is 58.8 Å². The van der Waals surface area contributed by atoms with Gasteiger partial charge in [-0.25, -0.2) is 0 Å². The quantitative estimate of drug-likeness (QED) is 0.736. The van der Waals surface area contributed by atoms with Crippen LogP contribution in [0, 0.1) is 5.92 Å². The van der Waals surface area contributed by atoms with E-state index in [4.69, 9.17) is 10.7 Å². The van der Waals surface area contributed by atoms with Crippen LogP contribution in [-0.2, 0) is 10.3 Å². The molecule has 0 spiro atoms. The molecule has 32 heavy (non-hydrogen) atoms. The second-order valence-corrected chi connectivity index (χ2v) is 9.72. The highest BCUT2D eigenvalue weighted by Gasteiger charge is 2.41. The van der Waals surface area contributed by atoms with Crippen molar-refractivity contribution in [1.29, 1.82) is 0 Å². The average molecular weight is 429 g/mol. The van der Waals surface area contributed by atoms with Crippen molar-refractivity contribution in [3.63, 3.8) is 0 Å². The molecular formula is C27H32N4O. The number of rotatable bonds is 5. The lowest BCUT2D eigenvalue weighted by Crippen LogP contribution is -2.43. The molecule has 5 nitrogen and oxygen atoms in total. The van der Waals surface area contributed by atoms with Gasteiger partial charge in [0, 0.05) is 23.7 Å². The first-order valence-electron chi connectivity index (χ1n) is 11.7. The Bertz CT molecular complexity index is 1040. The van der Waals surface area contributed by atoms with Gasteiger partial charge in [0.2, 0.25) is 0 Å². The van der Waals surface area contributed by atoms with Crippen LogP contribution in [0.3, 0.4) is 0 Å². The van der Waals surface area contributed by atoms with Crippen molar-refractivity contribution in [2.75, 3.05) is 0 Å². The molecule has 0 radical (unpaired) electrons. The standard InChI is InChI=1S/C27H32N4O/c1-18(2)29-26(32)21-11-14-23-30-24(25(31(23)17-21)20-7-4-3-5-8-20)19-9-12-22(13-10-19)27(28)15-6-16-27/h3-5,7,9-14,17-18,20,24-25H,6,8,15-16,28H2,1-2H3,(H,29,32). The van der Waals surface area contributed by atoms with Crippen LogP contribution in [0.25, 0.3) is 0 Å². The average Bonchev–Trinajstić information content (AvgIpc) is 3.16. The second-order valence-electron chi connectivity index (χ2n) is 9.72. The first kappa shape index (κ1) is 21.0. The number of amidine groups is 1. The lowest BCUT2D eigenvalue weighted by atomic mass is 9.72. The van der Waals surface area contributed by atoms with Crippen molar-refractivity contribution in [3.8, 4) is 0 Å². The van der Waals surface area contributed by atoms with E-state index in [1.807, 2.05) is 32.2 Å². The Labute approximate surface area is 190 Å². The van der Waals surface area contributed by atoms with Gasteiger partial charge < -0.3 is 16.0 Å². The van der Waals surface area contributed by atoms with E-state index in [1.165, 1.54) is 17.5 Å². The molecule has 5 rings (SSSR count). The summed E-state index contributed by atoms with van der Waals surface area (Å²) >= 11 is 0. The van der Waals surface area contributed by atoms with E-state index in [1.54, 1.807) is 0 Å². The largest absolute Gasteiger partial charge is 0.350 e. The molecule has 2 aliphatic heterocycles.